The van der Waals surface area contributed by atoms with Gasteiger partial charge in [0.25, 0.3) is 11.7 Å². The largest absolute Gasteiger partial charge is 0.507 e. The molecule has 2 heterocycles. The van der Waals surface area contributed by atoms with Crippen LogP contribution in [-0.4, -0.2) is 27.7 Å². The van der Waals surface area contributed by atoms with Crippen molar-refractivity contribution in [3.8, 4) is 0 Å². The number of carbonyl (C=O) groups excluding carboxylic acids is 2. The molecule has 0 spiro atoms. The van der Waals surface area contributed by atoms with Crippen LogP contribution in [0.1, 0.15) is 60.8 Å². The number of hydrogen-bond acceptors (Lipinski definition) is 4. The van der Waals surface area contributed by atoms with E-state index in [4.69, 9.17) is 4.42 Å². The van der Waals surface area contributed by atoms with Crippen molar-refractivity contribution >= 4 is 17.4 Å². The highest BCUT2D eigenvalue weighted by molar-refractivity contribution is 6.46. The van der Waals surface area contributed by atoms with Gasteiger partial charge >= 0.3 is 0 Å². The fourth-order valence-electron chi connectivity index (χ4n) is 4.33. The van der Waals surface area contributed by atoms with Crippen molar-refractivity contribution in [2.24, 2.45) is 0 Å². The minimum atomic E-state index is -0.682. The summed E-state index contributed by atoms with van der Waals surface area (Å²) in [6.45, 7) is 3.79. The van der Waals surface area contributed by atoms with E-state index in [2.05, 4.69) is 0 Å². The summed E-state index contributed by atoms with van der Waals surface area (Å²) >= 11 is 0. The summed E-state index contributed by atoms with van der Waals surface area (Å²) in [6, 6.07) is 10.2. The Bertz CT molecular complexity index is 932. The molecule has 1 aliphatic heterocycles. The Balaban J connectivity index is 1.85. The number of Topliss-reactive ketones (excluding diaryl/α,β-unsaturated/α-hetero) is 1. The summed E-state index contributed by atoms with van der Waals surface area (Å²) in [5.74, 6) is -0.0893. The topological polar surface area (TPSA) is 70.8 Å². The minimum Gasteiger partial charge on any atom is -0.507 e. The Morgan fingerprint density at radius 1 is 1.00 bits per heavy atom. The maximum atomic E-state index is 13.0. The second-order valence-electron chi connectivity index (χ2n) is 7.81. The molecule has 0 bridgehead atoms. The third-order valence-electron chi connectivity index (χ3n) is 5.80. The van der Waals surface area contributed by atoms with Crippen molar-refractivity contribution in [3.05, 3.63) is 64.6 Å². The summed E-state index contributed by atoms with van der Waals surface area (Å²) in [5, 5.41) is 11.0. The van der Waals surface area contributed by atoms with Crippen LogP contribution in [0.5, 0.6) is 0 Å². The van der Waals surface area contributed by atoms with E-state index in [0.29, 0.717) is 17.1 Å². The van der Waals surface area contributed by atoms with Gasteiger partial charge in [-0.1, -0.05) is 49.1 Å². The van der Waals surface area contributed by atoms with Gasteiger partial charge < -0.3 is 14.4 Å². The monoisotopic (exact) mass is 379 g/mol. The van der Waals surface area contributed by atoms with E-state index in [0.717, 1.165) is 37.7 Å². The van der Waals surface area contributed by atoms with E-state index in [-0.39, 0.29) is 17.4 Å². The molecule has 1 saturated heterocycles. The normalized spacial score (nSPS) is 22.8. The van der Waals surface area contributed by atoms with Gasteiger partial charge in [0, 0.05) is 11.6 Å². The van der Waals surface area contributed by atoms with Crippen LogP contribution < -0.4 is 0 Å². The summed E-state index contributed by atoms with van der Waals surface area (Å²) in [4.78, 5) is 27.6. The zero-order chi connectivity index (χ0) is 19.8. The van der Waals surface area contributed by atoms with Crippen molar-refractivity contribution in [2.75, 3.05) is 0 Å². The second-order valence-corrected chi connectivity index (χ2v) is 7.81. The molecule has 2 aromatic rings. The number of hydrogen-bond donors (Lipinski definition) is 1. The molecule has 5 heteroatoms. The fourth-order valence-corrected chi connectivity index (χ4v) is 4.33. The molecule has 4 rings (SSSR count). The highest BCUT2D eigenvalue weighted by Gasteiger charge is 2.50. The molecule has 1 saturated carbocycles. The van der Waals surface area contributed by atoms with Gasteiger partial charge in [-0.3, -0.25) is 9.59 Å². The highest BCUT2D eigenvalue weighted by atomic mass is 16.3. The Hall–Kier alpha value is -2.82. The van der Waals surface area contributed by atoms with E-state index in [9.17, 15) is 14.7 Å². The van der Waals surface area contributed by atoms with Crippen molar-refractivity contribution < 1.29 is 19.1 Å². The van der Waals surface area contributed by atoms with Gasteiger partial charge in [-0.15, -0.1) is 0 Å². The lowest BCUT2D eigenvalue weighted by Gasteiger charge is -2.34. The molecule has 1 aromatic heterocycles. The van der Waals surface area contributed by atoms with Crippen LogP contribution in [0.15, 0.2) is 46.4 Å². The Labute approximate surface area is 164 Å². The first-order valence-electron chi connectivity index (χ1n) is 9.91. The summed E-state index contributed by atoms with van der Waals surface area (Å²) in [6.07, 6.45) is 4.96. The van der Waals surface area contributed by atoms with Crippen molar-refractivity contribution in [1.82, 2.24) is 4.90 Å². The number of likely N-dealkylation sites (tertiary alicyclic amines) is 1. The van der Waals surface area contributed by atoms with Crippen LogP contribution in [0.2, 0.25) is 0 Å². The number of amides is 1. The summed E-state index contributed by atoms with van der Waals surface area (Å²) < 4.78 is 5.83. The van der Waals surface area contributed by atoms with E-state index in [1.54, 1.807) is 23.1 Å². The van der Waals surface area contributed by atoms with Gasteiger partial charge in [0.05, 0.1) is 5.57 Å². The summed E-state index contributed by atoms with van der Waals surface area (Å²) in [5.41, 5.74) is 1.70. The van der Waals surface area contributed by atoms with E-state index < -0.39 is 17.7 Å². The van der Waals surface area contributed by atoms with E-state index in [1.807, 2.05) is 32.0 Å². The number of nitrogens with zero attached hydrogens (tertiary/aromatic N) is 1. The lowest BCUT2D eigenvalue weighted by molar-refractivity contribution is -0.142. The number of furan rings is 1. The lowest BCUT2D eigenvalue weighted by Crippen LogP contribution is -2.40. The number of aryl methyl sites for hydroxylation is 2. The predicted octanol–water partition coefficient (Wildman–Crippen LogP) is 4.65. The second kappa shape index (κ2) is 7.30. The van der Waals surface area contributed by atoms with E-state index in [1.165, 1.54) is 0 Å². The summed E-state index contributed by atoms with van der Waals surface area (Å²) in [7, 11) is 0. The molecule has 2 aliphatic rings. The molecular formula is C23H25NO4. The Morgan fingerprint density at radius 3 is 2.29 bits per heavy atom. The van der Waals surface area contributed by atoms with Gasteiger partial charge in [0.1, 0.15) is 23.3 Å². The molecule has 1 amide bonds. The SMILES string of the molecule is Cc1ccc(/C(O)=C2/C(=O)C(=O)N(C3CCCCC3)C2c2ccc(C)o2)cc1. The number of aliphatic hydroxyl groups is 1. The van der Waals surface area contributed by atoms with Gasteiger partial charge in [-0.2, -0.15) is 0 Å². The fraction of sp³-hybridized carbons (Fsp3) is 0.391. The lowest BCUT2D eigenvalue weighted by atomic mass is 9.92. The smallest absolute Gasteiger partial charge is 0.296 e. The maximum absolute atomic E-state index is 13.0. The van der Waals surface area contributed by atoms with Crippen LogP contribution >= 0.6 is 0 Å². The third-order valence-corrected chi connectivity index (χ3v) is 5.80. The molecule has 1 N–H and O–H groups in total. The molecule has 0 radical (unpaired) electrons. The van der Waals surface area contributed by atoms with Gasteiger partial charge in [0.15, 0.2) is 0 Å². The average molecular weight is 379 g/mol. The minimum absolute atomic E-state index is 0.0103. The van der Waals surface area contributed by atoms with Crippen LogP contribution in [0, 0.1) is 13.8 Å². The molecule has 1 aliphatic carbocycles. The first kappa shape index (κ1) is 18.5. The predicted molar refractivity (Wildman–Crippen MR) is 106 cm³/mol. The molecule has 1 unspecified atom stereocenters. The van der Waals surface area contributed by atoms with Crippen LogP contribution in [0.3, 0.4) is 0 Å². The first-order valence-corrected chi connectivity index (χ1v) is 9.91. The third kappa shape index (κ3) is 3.15. The molecular weight excluding hydrogens is 354 g/mol. The molecule has 1 atom stereocenters. The number of aliphatic hydroxyl groups excluding tert-OH is 1. The Morgan fingerprint density at radius 2 is 1.68 bits per heavy atom. The first-order chi connectivity index (χ1) is 13.5. The van der Waals surface area contributed by atoms with E-state index >= 15 is 0 Å². The van der Waals surface area contributed by atoms with Gasteiger partial charge in [-0.05, 0) is 38.8 Å². The van der Waals surface area contributed by atoms with Crippen LogP contribution in [0.25, 0.3) is 5.76 Å². The number of ketones is 1. The zero-order valence-electron chi connectivity index (χ0n) is 16.3. The molecule has 5 nitrogen and oxygen atoms in total. The molecule has 1 aromatic carbocycles. The average Bonchev–Trinajstić information content (AvgIpc) is 3.24. The number of carbonyl (C=O) groups is 2. The molecule has 2 fully saturated rings. The quantitative estimate of drug-likeness (QED) is 0.479. The number of benzene rings is 1. The van der Waals surface area contributed by atoms with Crippen molar-refractivity contribution in [3.63, 3.8) is 0 Å². The van der Waals surface area contributed by atoms with Crippen LogP contribution in [0.4, 0.5) is 0 Å². The zero-order valence-corrected chi connectivity index (χ0v) is 16.3. The Kier molecular flexibility index (Phi) is 4.84. The van der Waals surface area contributed by atoms with Crippen LogP contribution in [-0.2, 0) is 9.59 Å². The van der Waals surface area contributed by atoms with Gasteiger partial charge in [0.2, 0.25) is 0 Å². The highest BCUT2D eigenvalue weighted by Crippen LogP contribution is 2.43. The molecule has 28 heavy (non-hydrogen) atoms. The number of rotatable bonds is 3. The van der Waals surface area contributed by atoms with Crippen molar-refractivity contribution in [1.29, 1.82) is 0 Å². The standard InChI is InChI=1S/C23H25NO4/c1-14-8-11-16(12-9-14)21(25)19-20(18-13-10-15(2)28-18)24(23(27)22(19)26)17-6-4-3-5-7-17/h8-13,17,20,25H,3-7H2,1-2H3/b21-19-. The maximum Gasteiger partial charge on any atom is 0.296 e. The van der Waals surface area contributed by atoms with Gasteiger partial charge in [-0.25, -0.2) is 0 Å². The van der Waals surface area contributed by atoms with Crippen molar-refractivity contribution in [2.45, 2.75) is 58.0 Å². The molecule has 146 valence electrons.